The van der Waals surface area contributed by atoms with Crippen LogP contribution in [-0.4, -0.2) is 26.3 Å². The number of nitrogens with one attached hydrogen (secondary N) is 1. The van der Waals surface area contributed by atoms with Crippen LogP contribution in [0.1, 0.15) is 38.1 Å². The van der Waals surface area contributed by atoms with Crippen LogP contribution in [0.25, 0.3) is 4.96 Å². The molecule has 7 heteroatoms. The average molecular weight is 351 g/mol. The fourth-order valence-corrected chi connectivity index (χ4v) is 3.16. The molecule has 0 fully saturated rings. The van der Waals surface area contributed by atoms with Gasteiger partial charge in [0.1, 0.15) is 0 Å². The minimum absolute atomic E-state index is 0.00203. The molecule has 1 atom stereocenters. The maximum absolute atomic E-state index is 9.65. The fraction of sp³-hybridized carbons (Fsp3) is 0.375. The molecular weight excluding hydrogens is 332 g/mol. The summed E-state index contributed by atoms with van der Waals surface area (Å²) >= 11 is 7.37. The number of anilines is 1. The van der Waals surface area contributed by atoms with Crippen LogP contribution in [0.3, 0.4) is 0 Å². The maximum Gasteiger partial charge on any atom is 0.214 e. The van der Waals surface area contributed by atoms with Gasteiger partial charge in [0.25, 0.3) is 0 Å². The second-order valence-electron chi connectivity index (χ2n) is 6.44. The van der Waals surface area contributed by atoms with E-state index < -0.39 is 0 Å². The number of imidazole rings is 1. The molecule has 3 aromatic rings. The Labute approximate surface area is 143 Å². The molecule has 5 nitrogen and oxygen atoms in total. The van der Waals surface area contributed by atoms with Crippen LogP contribution in [0.15, 0.2) is 30.5 Å². The Kier molecular flexibility index (Phi) is 4.31. The number of aliphatic hydroxyl groups excluding tert-OH is 1. The van der Waals surface area contributed by atoms with Crippen LogP contribution in [0.4, 0.5) is 5.13 Å². The number of aromatic nitrogens is 3. The molecule has 0 saturated carbocycles. The van der Waals surface area contributed by atoms with Crippen molar-refractivity contribution in [2.24, 2.45) is 0 Å². The SMILES string of the molecule is CC(C)(C)c1cn2nc(NC(CO)c3ccc(Cl)cc3)sc2n1. The number of rotatable bonds is 4. The summed E-state index contributed by atoms with van der Waals surface area (Å²) in [5.74, 6) is 0. The molecule has 1 aromatic carbocycles. The van der Waals surface area contributed by atoms with Crippen LogP contribution in [-0.2, 0) is 5.41 Å². The summed E-state index contributed by atoms with van der Waals surface area (Å²) in [6.45, 7) is 6.35. The summed E-state index contributed by atoms with van der Waals surface area (Å²) < 4.78 is 1.78. The molecule has 23 heavy (non-hydrogen) atoms. The summed E-state index contributed by atoms with van der Waals surface area (Å²) in [6.07, 6.45) is 1.95. The van der Waals surface area contributed by atoms with Gasteiger partial charge in [-0.2, -0.15) is 0 Å². The predicted molar refractivity (Wildman–Crippen MR) is 94.5 cm³/mol. The first-order valence-corrected chi connectivity index (χ1v) is 8.56. The third-order valence-electron chi connectivity index (χ3n) is 3.56. The van der Waals surface area contributed by atoms with E-state index in [0.717, 1.165) is 21.3 Å². The van der Waals surface area contributed by atoms with E-state index in [9.17, 15) is 5.11 Å². The van der Waals surface area contributed by atoms with E-state index in [4.69, 9.17) is 11.6 Å². The second-order valence-corrected chi connectivity index (χ2v) is 7.83. The molecule has 0 spiro atoms. The highest BCUT2D eigenvalue weighted by molar-refractivity contribution is 7.20. The van der Waals surface area contributed by atoms with Gasteiger partial charge in [0, 0.05) is 10.4 Å². The number of fused-ring (bicyclic) bond motifs is 1. The maximum atomic E-state index is 9.65. The molecular formula is C16H19ClN4OS. The van der Waals surface area contributed by atoms with Crippen LogP contribution >= 0.6 is 22.9 Å². The van der Waals surface area contributed by atoms with Crippen LogP contribution < -0.4 is 5.32 Å². The first-order valence-electron chi connectivity index (χ1n) is 7.36. The normalized spacial score (nSPS) is 13.4. The van der Waals surface area contributed by atoms with Crippen molar-refractivity contribution in [3.05, 3.63) is 46.7 Å². The summed E-state index contributed by atoms with van der Waals surface area (Å²) in [6, 6.07) is 7.18. The van der Waals surface area contributed by atoms with Crippen LogP contribution in [0.5, 0.6) is 0 Å². The summed E-state index contributed by atoms with van der Waals surface area (Å²) in [4.78, 5) is 5.46. The monoisotopic (exact) mass is 350 g/mol. The standard InChI is InChI=1S/C16H19ClN4OS/c1-16(2,3)13-8-21-15(19-13)23-14(20-21)18-12(9-22)10-4-6-11(17)7-5-10/h4-8,12,22H,9H2,1-3H3,(H,18,20). The van der Waals surface area contributed by atoms with E-state index in [1.807, 2.05) is 30.5 Å². The highest BCUT2D eigenvalue weighted by Crippen LogP contribution is 2.28. The number of hydrogen-bond donors (Lipinski definition) is 2. The first-order chi connectivity index (χ1) is 10.9. The lowest BCUT2D eigenvalue weighted by molar-refractivity contribution is 0.276. The Morgan fingerprint density at radius 2 is 2.00 bits per heavy atom. The molecule has 3 rings (SSSR count). The van der Waals surface area contributed by atoms with Crippen molar-refractivity contribution in [1.82, 2.24) is 14.6 Å². The molecule has 0 radical (unpaired) electrons. The Hall–Kier alpha value is -1.63. The van der Waals surface area contributed by atoms with Gasteiger partial charge in [-0.3, -0.25) is 0 Å². The van der Waals surface area contributed by atoms with Crippen molar-refractivity contribution in [3.8, 4) is 0 Å². The number of halogens is 1. The number of nitrogens with zero attached hydrogens (tertiary/aromatic N) is 3. The lowest BCUT2D eigenvalue weighted by Gasteiger charge is -2.15. The van der Waals surface area contributed by atoms with Crippen molar-refractivity contribution in [3.63, 3.8) is 0 Å². The zero-order chi connectivity index (χ0) is 16.6. The molecule has 0 aliphatic rings. The molecule has 0 saturated heterocycles. The molecule has 0 bridgehead atoms. The smallest absolute Gasteiger partial charge is 0.214 e. The van der Waals surface area contributed by atoms with Gasteiger partial charge in [-0.1, -0.05) is 55.8 Å². The highest BCUT2D eigenvalue weighted by Gasteiger charge is 2.20. The topological polar surface area (TPSA) is 62.5 Å². The minimum atomic E-state index is -0.231. The summed E-state index contributed by atoms with van der Waals surface area (Å²) in [5.41, 5.74) is 1.97. The van der Waals surface area contributed by atoms with Crippen molar-refractivity contribution >= 4 is 33.0 Å². The third kappa shape index (κ3) is 3.49. The molecule has 2 heterocycles. The summed E-state index contributed by atoms with van der Waals surface area (Å²) in [5, 5.41) is 18.8. The average Bonchev–Trinajstić information content (AvgIpc) is 3.03. The number of hydrogen-bond acceptors (Lipinski definition) is 5. The van der Waals surface area contributed by atoms with Gasteiger partial charge in [-0.25, -0.2) is 9.50 Å². The third-order valence-corrected chi connectivity index (χ3v) is 4.67. The number of aliphatic hydroxyl groups is 1. The first kappa shape index (κ1) is 16.2. The van der Waals surface area contributed by atoms with Gasteiger partial charge in [-0.15, -0.1) is 5.10 Å². The Bertz CT molecular complexity index is 772. The molecule has 0 amide bonds. The molecule has 2 N–H and O–H groups in total. The quantitative estimate of drug-likeness (QED) is 0.749. The molecule has 0 aliphatic carbocycles. The van der Waals surface area contributed by atoms with Gasteiger partial charge < -0.3 is 10.4 Å². The highest BCUT2D eigenvalue weighted by atomic mass is 35.5. The van der Waals surface area contributed by atoms with Crippen LogP contribution in [0.2, 0.25) is 5.02 Å². The fourth-order valence-electron chi connectivity index (χ4n) is 2.20. The predicted octanol–water partition coefficient (Wildman–Crippen LogP) is 3.89. The Balaban J connectivity index is 1.82. The zero-order valence-corrected chi connectivity index (χ0v) is 14.8. The van der Waals surface area contributed by atoms with E-state index in [-0.39, 0.29) is 18.1 Å². The van der Waals surface area contributed by atoms with E-state index >= 15 is 0 Å². The van der Waals surface area contributed by atoms with E-state index in [1.165, 1.54) is 11.3 Å². The molecule has 1 unspecified atom stereocenters. The largest absolute Gasteiger partial charge is 0.394 e. The lowest BCUT2D eigenvalue weighted by Crippen LogP contribution is -2.15. The van der Waals surface area contributed by atoms with Gasteiger partial charge in [0.05, 0.1) is 24.5 Å². The van der Waals surface area contributed by atoms with E-state index in [1.54, 1.807) is 4.52 Å². The van der Waals surface area contributed by atoms with Crippen LogP contribution in [0, 0.1) is 0 Å². The zero-order valence-electron chi connectivity index (χ0n) is 13.2. The van der Waals surface area contributed by atoms with Gasteiger partial charge in [0.15, 0.2) is 0 Å². The number of benzene rings is 1. The minimum Gasteiger partial charge on any atom is -0.394 e. The van der Waals surface area contributed by atoms with Crippen molar-refractivity contribution in [1.29, 1.82) is 0 Å². The van der Waals surface area contributed by atoms with Gasteiger partial charge in [0.2, 0.25) is 10.1 Å². The molecule has 0 aliphatic heterocycles. The molecule has 2 aromatic heterocycles. The van der Waals surface area contributed by atoms with Crippen molar-refractivity contribution < 1.29 is 5.11 Å². The van der Waals surface area contributed by atoms with Gasteiger partial charge >= 0.3 is 0 Å². The van der Waals surface area contributed by atoms with Crippen molar-refractivity contribution in [2.75, 3.05) is 11.9 Å². The molecule has 122 valence electrons. The van der Waals surface area contributed by atoms with E-state index in [2.05, 4.69) is 36.2 Å². The van der Waals surface area contributed by atoms with Gasteiger partial charge in [-0.05, 0) is 17.7 Å². The summed E-state index contributed by atoms with van der Waals surface area (Å²) in [7, 11) is 0. The Morgan fingerprint density at radius 3 is 2.57 bits per heavy atom. The van der Waals surface area contributed by atoms with Crippen molar-refractivity contribution in [2.45, 2.75) is 32.2 Å². The second kappa shape index (κ2) is 6.11. The van der Waals surface area contributed by atoms with E-state index in [0.29, 0.717) is 5.02 Å². The Morgan fingerprint density at radius 1 is 1.30 bits per heavy atom. The lowest BCUT2D eigenvalue weighted by atomic mass is 9.93.